The lowest BCUT2D eigenvalue weighted by molar-refractivity contribution is -0.119. The van der Waals surface area contributed by atoms with Crippen LogP contribution in [0.3, 0.4) is 0 Å². The predicted octanol–water partition coefficient (Wildman–Crippen LogP) is 0.411. The quantitative estimate of drug-likeness (QED) is 0.665. The van der Waals surface area contributed by atoms with E-state index in [1.54, 1.807) is 0 Å². The highest BCUT2D eigenvalue weighted by atomic mass is 79.9. The van der Waals surface area contributed by atoms with Gasteiger partial charge < -0.3 is 10.4 Å². The number of hydrogen-bond donors (Lipinski definition) is 2. The van der Waals surface area contributed by atoms with Crippen LogP contribution < -0.4 is 5.32 Å². The lowest BCUT2D eigenvalue weighted by Gasteiger charge is -2.14. The fourth-order valence-electron chi connectivity index (χ4n) is 1.35. The summed E-state index contributed by atoms with van der Waals surface area (Å²) in [4.78, 5) is 10.8. The third-order valence-electron chi connectivity index (χ3n) is 1.95. The molecule has 0 aromatic rings. The first kappa shape index (κ1) is 9.00. The summed E-state index contributed by atoms with van der Waals surface area (Å²) < 4.78 is 0. The van der Waals surface area contributed by atoms with Crippen molar-refractivity contribution in [2.75, 3.05) is 5.33 Å². The molecule has 0 aromatic heterocycles. The Hall–Kier alpha value is -0.0900. The van der Waals surface area contributed by atoms with Crippen LogP contribution in [-0.2, 0) is 4.79 Å². The molecule has 1 fully saturated rings. The van der Waals surface area contributed by atoms with Crippen LogP contribution in [-0.4, -0.2) is 28.5 Å². The van der Waals surface area contributed by atoms with E-state index in [2.05, 4.69) is 21.2 Å². The molecule has 0 radical (unpaired) electrons. The summed E-state index contributed by atoms with van der Waals surface area (Å²) in [5.41, 5.74) is 0. The van der Waals surface area contributed by atoms with Crippen LogP contribution in [0, 0.1) is 0 Å². The van der Waals surface area contributed by atoms with Gasteiger partial charge in [-0.15, -0.1) is 0 Å². The van der Waals surface area contributed by atoms with Gasteiger partial charge in [0.25, 0.3) is 0 Å². The van der Waals surface area contributed by atoms with Gasteiger partial charge >= 0.3 is 0 Å². The van der Waals surface area contributed by atoms with E-state index < -0.39 is 0 Å². The zero-order valence-corrected chi connectivity index (χ0v) is 7.80. The van der Waals surface area contributed by atoms with Crippen LogP contribution in [0.4, 0.5) is 0 Å². The highest BCUT2D eigenvalue weighted by Crippen LogP contribution is 2.18. The summed E-state index contributed by atoms with van der Waals surface area (Å²) in [7, 11) is 0. The Morgan fingerprint density at radius 1 is 1.64 bits per heavy atom. The molecule has 0 aromatic carbocycles. The molecule has 1 amide bonds. The molecule has 4 heteroatoms. The first-order chi connectivity index (χ1) is 5.24. The molecule has 0 bridgehead atoms. The van der Waals surface area contributed by atoms with Crippen molar-refractivity contribution in [2.45, 2.75) is 31.4 Å². The summed E-state index contributed by atoms with van der Waals surface area (Å²) >= 11 is 3.05. The number of alkyl halides is 1. The Morgan fingerprint density at radius 3 is 2.82 bits per heavy atom. The van der Waals surface area contributed by atoms with Gasteiger partial charge in [-0.05, 0) is 19.3 Å². The monoisotopic (exact) mass is 221 g/mol. The minimum atomic E-state index is -0.335. The van der Waals surface area contributed by atoms with Gasteiger partial charge in [0, 0.05) is 0 Å². The summed E-state index contributed by atoms with van der Waals surface area (Å²) in [5.74, 6) is -0.0454. The largest absolute Gasteiger partial charge is 0.391 e. The molecule has 2 unspecified atom stereocenters. The van der Waals surface area contributed by atoms with Crippen LogP contribution >= 0.6 is 15.9 Å². The third-order valence-corrected chi connectivity index (χ3v) is 2.46. The molecule has 1 saturated carbocycles. The molecular weight excluding hydrogens is 210 g/mol. The van der Waals surface area contributed by atoms with E-state index in [9.17, 15) is 9.90 Å². The van der Waals surface area contributed by atoms with Gasteiger partial charge in [-0.3, -0.25) is 4.79 Å². The number of carbonyl (C=O) groups excluding carboxylic acids is 1. The lowest BCUT2D eigenvalue weighted by atomic mass is 10.2. The number of nitrogens with one attached hydrogen (secondary N) is 1. The number of aliphatic hydroxyl groups is 1. The molecule has 3 nitrogen and oxygen atoms in total. The van der Waals surface area contributed by atoms with Gasteiger partial charge in [0.1, 0.15) is 0 Å². The van der Waals surface area contributed by atoms with Gasteiger partial charge in [-0.1, -0.05) is 15.9 Å². The van der Waals surface area contributed by atoms with Crippen molar-refractivity contribution in [1.82, 2.24) is 5.32 Å². The van der Waals surface area contributed by atoms with E-state index in [1.165, 1.54) is 0 Å². The van der Waals surface area contributed by atoms with E-state index >= 15 is 0 Å². The van der Waals surface area contributed by atoms with E-state index in [0.29, 0.717) is 5.33 Å². The zero-order valence-electron chi connectivity index (χ0n) is 6.22. The maximum Gasteiger partial charge on any atom is 0.230 e. The Balaban J connectivity index is 2.30. The van der Waals surface area contributed by atoms with Crippen LogP contribution in [0.2, 0.25) is 0 Å². The van der Waals surface area contributed by atoms with E-state index in [-0.39, 0.29) is 18.1 Å². The second-order valence-corrected chi connectivity index (χ2v) is 3.37. The third kappa shape index (κ3) is 2.45. The second-order valence-electron chi connectivity index (χ2n) is 2.81. The summed E-state index contributed by atoms with van der Waals surface area (Å²) in [6, 6.07) is -0.0138. The molecular formula is C7H12BrNO2. The number of aliphatic hydroxyl groups excluding tert-OH is 1. The second kappa shape index (κ2) is 4.07. The van der Waals surface area contributed by atoms with Crippen molar-refractivity contribution >= 4 is 21.8 Å². The maximum absolute atomic E-state index is 10.8. The number of amides is 1. The molecule has 11 heavy (non-hydrogen) atoms. The summed E-state index contributed by atoms with van der Waals surface area (Å²) in [6.45, 7) is 0. The number of carbonyl (C=O) groups is 1. The first-order valence-electron chi connectivity index (χ1n) is 3.77. The lowest BCUT2D eigenvalue weighted by Crippen LogP contribution is -2.40. The van der Waals surface area contributed by atoms with Gasteiger partial charge in [-0.25, -0.2) is 0 Å². The summed E-state index contributed by atoms with van der Waals surface area (Å²) in [5, 5.41) is 12.4. The minimum absolute atomic E-state index is 0.0138. The van der Waals surface area contributed by atoms with Crippen LogP contribution in [0.1, 0.15) is 19.3 Å². The van der Waals surface area contributed by atoms with Crippen molar-refractivity contribution in [1.29, 1.82) is 0 Å². The molecule has 0 saturated heterocycles. The smallest absolute Gasteiger partial charge is 0.230 e. The van der Waals surface area contributed by atoms with Gasteiger partial charge in [-0.2, -0.15) is 0 Å². The molecule has 0 spiro atoms. The van der Waals surface area contributed by atoms with Gasteiger partial charge in [0.2, 0.25) is 5.91 Å². The highest BCUT2D eigenvalue weighted by molar-refractivity contribution is 9.09. The van der Waals surface area contributed by atoms with Gasteiger partial charge in [0.15, 0.2) is 0 Å². The minimum Gasteiger partial charge on any atom is -0.391 e. The van der Waals surface area contributed by atoms with Crippen LogP contribution in [0.5, 0.6) is 0 Å². The van der Waals surface area contributed by atoms with E-state index in [4.69, 9.17) is 0 Å². The molecule has 1 rings (SSSR count). The highest BCUT2D eigenvalue weighted by Gasteiger charge is 2.25. The number of hydrogen-bond acceptors (Lipinski definition) is 2. The Bertz CT molecular complexity index is 151. The Morgan fingerprint density at radius 2 is 2.36 bits per heavy atom. The molecule has 0 heterocycles. The van der Waals surface area contributed by atoms with E-state index in [0.717, 1.165) is 19.3 Å². The molecule has 2 N–H and O–H groups in total. The number of halogens is 1. The van der Waals surface area contributed by atoms with Crippen molar-refractivity contribution in [3.05, 3.63) is 0 Å². The van der Waals surface area contributed by atoms with Crippen molar-refractivity contribution in [3.63, 3.8) is 0 Å². The van der Waals surface area contributed by atoms with Crippen LogP contribution in [0.15, 0.2) is 0 Å². The maximum atomic E-state index is 10.8. The fourth-order valence-corrected chi connectivity index (χ4v) is 1.52. The van der Waals surface area contributed by atoms with Crippen LogP contribution in [0.25, 0.3) is 0 Å². The average molecular weight is 222 g/mol. The normalized spacial score (nSPS) is 30.4. The molecule has 64 valence electrons. The standard InChI is InChI=1S/C7H12BrNO2/c8-4-7(11)9-5-2-1-3-6(5)10/h5-6,10H,1-4H2,(H,9,11). The molecule has 1 aliphatic carbocycles. The molecule has 1 aliphatic rings. The molecule has 0 aliphatic heterocycles. The topological polar surface area (TPSA) is 49.3 Å². The zero-order chi connectivity index (χ0) is 8.27. The molecule has 2 atom stereocenters. The SMILES string of the molecule is O=C(CBr)NC1CCCC1O. The van der Waals surface area contributed by atoms with Gasteiger partial charge in [0.05, 0.1) is 17.5 Å². The van der Waals surface area contributed by atoms with E-state index in [1.807, 2.05) is 0 Å². The predicted molar refractivity (Wildman–Crippen MR) is 45.6 cm³/mol. The Labute approximate surface area is 74.3 Å². The van der Waals surface area contributed by atoms with Crippen molar-refractivity contribution in [3.8, 4) is 0 Å². The first-order valence-corrected chi connectivity index (χ1v) is 4.89. The number of rotatable bonds is 2. The fraction of sp³-hybridized carbons (Fsp3) is 0.857. The van der Waals surface area contributed by atoms with Crippen molar-refractivity contribution in [2.24, 2.45) is 0 Å². The Kier molecular flexibility index (Phi) is 3.33. The summed E-state index contributed by atoms with van der Waals surface area (Å²) in [6.07, 6.45) is 2.39. The average Bonchev–Trinajstić information content (AvgIpc) is 2.37. The van der Waals surface area contributed by atoms with Crippen molar-refractivity contribution < 1.29 is 9.90 Å².